The van der Waals surface area contributed by atoms with Crippen LogP contribution in [-0.2, 0) is 6.54 Å². The zero-order valence-electron chi connectivity index (χ0n) is 8.30. The minimum atomic E-state index is -0.260. The molecule has 0 saturated carbocycles. The summed E-state index contributed by atoms with van der Waals surface area (Å²) in [6.07, 6.45) is 4.93. The molecule has 5 heteroatoms. The van der Waals surface area contributed by atoms with Crippen molar-refractivity contribution in [1.29, 1.82) is 0 Å². The third kappa shape index (κ3) is 2.14. The van der Waals surface area contributed by atoms with E-state index < -0.39 is 0 Å². The van der Waals surface area contributed by atoms with Crippen LogP contribution in [0.5, 0.6) is 5.75 Å². The molecule has 0 atom stereocenters. The minimum Gasteiger partial charge on any atom is -0.507 e. The highest BCUT2D eigenvalue weighted by Crippen LogP contribution is 2.17. The largest absolute Gasteiger partial charge is 0.507 e. The molecule has 0 aliphatic carbocycles. The van der Waals surface area contributed by atoms with Gasteiger partial charge < -0.3 is 9.67 Å². The molecule has 1 N–H and O–H groups in total. The molecule has 4 nitrogen and oxygen atoms in total. The van der Waals surface area contributed by atoms with Gasteiger partial charge in [0.1, 0.15) is 10.2 Å². The predicted molar refractivity (Wildman–Crippen MR) is 63.4 cm³/mol. The van der Waals surface area contributed by atoms with Crippen LogP contribution in [0.4, 0.5) is 0 Å². The number of rotatable bonds is 2. The number of hydrogen-bond donors (Lipinski definition) is 1. The van der Waals surface area contributed by atoms with Gasteiger partial charge in [-0.2, -0.15) is 0 Å². The molecular weight excluding hydrogens is 272 g/mol. The smallest absolute Gasteiger partial charge is 0.268 e. The maximum absolute atomic E-state index is 11.7. The minimum absolute atomic E-state index is 0.0487. The van der Waals surface area contributed by atoms with Gasteiger partial charge >= 0.3 is 0 Å². The number of hydrogen-bond acceptors (Lipinski definition) is 3. The molecule has 0 aliphatic rings. The quantitative estimate of drug-likeness (QED) is 0.912. The number of halogens is 1. The molecular formula is C11H9BrN2O2. The van der Waals surface area contributed by atoms with E-state index >= 15 is 0 Å². The molecule has 2 aromatic rings. The maximum atomic E-state index is 11.7. The summed E-state index contributed by atoms with van der Waals surface area (Å²) >= 11 is 3.04. The molecule has 2 aromatic heterocycles. The van der Waals surface area contributed by atoms with Gasteiger partial charge in [-0.05, 0) is 33.6 Å². The van der Waals surface area contributed by atoms with Gasteiger partial charge in [0, 0.05) is 18.6 Å². The lowest BCUT2D eigenvalue weighted by molar-refractivity contribution is 0.467. The topological polar surface area (TPSA) is 55.1 Å². The van der Waals surface area contributed by atoms with Crippen molar-refractivity contribution in [2.45, 2.75) is 6.54 Å². The van der Waals surface area contributed by atoms with Gasteiger partial charge in [0.05, 0.1) is 6.54 Å². The summed E-state index contributed by atoms with van der Waals surface area (Å²) in [5, 5.41) is 9.32. The third-order valence-electron chi connectivity index (χ3n) is 2.16. The molecule has 0 spiro atoms. The fourth-order valence-electron chi connectivity index (χ4n) is 1.35. The third-order valence-corrected chi connectivity index (χ3v) is 2.91. The number of nitrogens with zero attached hydrogens (tertiary/aromatic N) is 2. The highest BCUT2D eigenvalue weighted by molar-refractivity contribution is 9.10. The standard InChI is InChI=1S/C11H9BrN2O2/c12-10-9(15)3-5-14(11(10)16)7-8-2-1-4-13-6-8/h1-6,15H,7H2. The van der Waals surface area contributed by atoms with Crippen molar-refractivity contribution in [2.24, 2.45) is 0 Å². The van der Waals surface area contributed by atoms with Crippen molar-refractivity contribution in [3.05, 3.63) is 57.2 Å². The van der Waals surface area contributed by atoms with E-state index in [-0.39, 0.29) is 15.8 Å². The van der Waals surface area contributed by atoms with Gasteiger partial charge in [-0.1, -0.05) is 6.07 Å². The van der Waals surface area contributed by atoms with Crippen LogP contribution < -0.4 is 5.56 Å². The molecule has 0 aliphatic heterocycles. The first-order valence-corrected chi connectivity index (χ1v) is 5.44. The number of aromatic nitrogens is 2. The van der Waals surface area contributed by atoms with Gasteiger partial charge in [0.2, 0.25) is 0 Å². The molecule has 2 heterocycles. The van der Waals surface area contributed by atoms with Crippen LogP contribution in [0.1, 0.15) is 5.56 Å². The number of aromatic hydroxyl groups is 1. The van der Waals surface area contributed by atoms with E-state index in [2.05, 4.69) is 20.9 Å². The lowest BCUT2D eigenvalue weighted by Gasteiger charge is -2.06. The molecule has 82 valence electrons. The van der Waals surface area contributed by atoms with Gasteiger partial charge in [-0.15, -0.1) is 0 Å². The average Bonchev–Trinajstić information content (AvgIpc) is 2.31. The highest BCUT2D eigenvalue weighted by Gasteiger charge is 2.06. The van der Waals surface area contributed by atoms with Crippen LogP contribution in [-0.4, -0.2) is 14.7 Å². The Morgan fingerprint density at radius 2 is 2.25 bits per heavy atom. The molecule has 0 radical (unpaired) electrons. The Morgan fingerprint density at radius 3 is 2.94 bits per heavy atom. The zero-order valence-corrected chi connectivity index (χ0v) is 9.89. The molecule has 16 heavy (non-hydrogen) atoms. The Morgan fingerprint density at radius 1 is 1.44 bits per heavy atom. The molecule has 0 saturated heterocycles. The van der Waals surface area contributed by atoms with E-state index in [9.17, 15) is 9.90 Å². The molecule has 2 rings (SSSR count). The van der Waals surface area contributed by atoms with E-state index in [4.69, 9.17) is 0 Å². The fraction of sp³-hybridized carbons (Fsp3) is 0.0909. The first-order chi connectivity index (χ1) is 7.68. The molecule has 0 unspecified atom stereocenters. The van der Waals surface area contributed by atoms with Gasteiger partial charge in [0.25, 0.3) is 5.56 Å². The highest BCUT2D eigenvalue weighted by atomic mass is 79.9. The van der Waals surface area contributed by atoms with Crippen molar-refractivity contribution in [2.75, 3.05) is 0 Å². The average molecular weight is 281 g/mol. The Labute approximate surface area is 100 Å². The van der Waals surface area contributed by atoms with Crippen molar-refractivity contribution in [3.63, 3.8) is 0 Å². The SMILES string of the molecule is O=c1c(Br)c(O)ccn1Cc1cccnc1. The summed E-state index contributed by atoms with van der Waals surface area (Å²) in [6.45, 7) is 0.436. The monoisotopic (exact) mass is 280 g/mol. The lowest BCUT2D eigenvalue weighted by Crippen LogP contribution is -2.20. The van der Waals surface area contributed by atoms with Crippen LogP contribution in [0, 0.1) is 0 Å². The maximum Gasteiger partial charge on any atom is 0.268 e. The van der Waals surface area contributed by atoms with Crippen LogP contribution in [0.25, 0.3) is 0 Å². The van der Waals surface area contributed by atoms with E-state index in [1.54, 1.807) is 18.6 Å². The zero-order chi connectivity index (χ0) is 11.5. The van der Waals surface area contributed by atoms with Crippen molar-refractivity contribution >= 4 is 15.9 Å². The van der Waals surface area contributed by atoms with Crippen molar-refractivity contribution < 1.29 is 5.11 Å². The van der Waals surface area contributed by atoms with Crippen LogP contribution in [0.3, 0.4) is 0 Å². The van der Waals surface area contributed by atoms with Crippen molar-refractivity contribution in [3.8, 4) is 5.75 Å². The Bertz CT molecular complexity index is 552. The van der Waals surface area contributed by atoms with Gasteiger partial charge in [-0.3, -0.25) is 9.78 Å². The summed E-state index contributed by atoms with van der Waals surface area (Å²) in [6, 6.07) is 5.18. The first-order valence-electron chi connectivity index (χ1n) is 4.65. The number of pyridine rings is 2. The molecule has 0 aromatic carbocycles. The lowest BCUT2D eigenvalue weighted by atomic mass is 10.3. The normalized spacial score (nSPS) is 10.3. The van der Waals surface area contributed by atoms with E-state index in [1.165, 1.54) is 10.6 Å². The van der Waals surface area contributed by atoms with Gasteiger partial charge in [0.15, 0.2) is 0 Å². The Kier molecular flexibility index (Phi) is 3.05. The molecule has 0 fully saturated rings. The van der Waals surface area contributed by atoms with Gasteiger partial charge in [-0.25, -0.2) is 0 Å². The van der Waals surface area contributed by atoms with E-state index in [0.29, 0.717) is 6.54 Å². The molecule has 0 amide bonds. The van der Waals surface area contributed by atoms with Crippen LogP contribution in [0.2, 0.25) is 0 Å². The Balaban J connectivity index is 2.37. The summed E-state index contributed by atoms with van der Waals surface area (Å²) < 4.78 is 1.68. The van der Waals surface area contributed by atoms with Crippen molar-refractivity contribution in [1.82, 2.24) is 9.55 Å². The second kappa shape index (κ2) is 4.49. The summed E-state index contributed by atoms with van der Waals surface area (Å²) in [7, 11) is 0. The molecule has 0 bridgehead atoms. The summed E-state index contributed by atoms with van der Waals surface area (Å²) in [5.41, 5.74) is 0.672. The second-order valence-electron chi connectivity index (χ2n) is 3.31. The van der Waals surface area contributed by atoms with E-state index in [1.807, 2.05) is 12.1 Å². The van der Waals surface area contributed by atoms with E-state index in [0.717, 1.165) is 5.56 Å². The fourth-order valence-corrected chi connectivity index (χ4v) is 1.71. The summed E-state index contributed by atoms with van der Waals surface area (Å²) in [5.74, 6) is -0.0487. The first kappa shape index (κ1) is 10.9. The summed E-state index contributed by atoms with van der Waals surface area (Å²) in [4.78, 5) is 15.7. The Hall–Kier alpha value is -1.62. The van der Waals surface area contributed by atoms with Crippen LogP contribution in [0.15, 0.2) is 46.1 Å². The van der Waals surface area contributed by atoms with Crippen LogP contribution >= 0.6 is 15.9 Å². The second-order valence-corrected chi connectivity index (χ2v) is 4.10. The predicted octanol–water partition coefficient (Wildman–Crippen LogP) is 1.76.